The second-order valence-electron chi connectivity index (χ2n) is 11.8. The Morgan fingerprint density at radius 1 is 0.625 bits per heavy atom. The fraction of sp³-hybridized carbons (Fsp3) is 0.479. The van der Waals surface area contributed by atoms with Crippen molar-refractivity contribution in [1.82, 2.24) is 4.90 Å². The Balaban J connectivity index is 0. The molecule has 4 N–H and O–H groups in total. The predicted octanol–water partition coefficient (Wildman–Crippen LogP) is 12.3. The van der Waals surface area contributed by atoms with E-state index in [1.807, 2.05) is 113 Å². The van der Waals surface area contributed by atoms with E-state index in [4.69, 9.17) is 19.9 Å². The van der Waals surface area contributed by atoms with Crippen LogP contribution in [0.15, 0.2) is 66.7 Å². The van der Waals surface area contributed by atoms with Crippen LogP contribution in [0.2, 0.25) is 0 Å². The monoisotopic (exact) mass is 777 g/mol. The second-order valence-corrected chi connectivity index (χ2v) is 11.8. The van der Waals surface area contributed by atoms with Crippen LogP contribution in [-0.2, 0) is 22.4 Å². The molecule has 0 aromatic heterocycles. The van der Waals surface area contributed by atoms with Crippen molar-refractivity contribution in [3.63, 3.8) is 0 Å². The molecule has 5 rings (SSSR count). The summed E-state index contributed by atoms with van der Waals surface area (Å²) >= 11 is 0. The van der Waals surface area contributed by atoms with Gasteiger partial charge in [0.05, 0.1) is 19.6 Å². The fourth-order valence-electron chi connectivity index (χ4n) is 5.49. The second kappa shape index (κ2) is 31.7. The smallest absolute Gasteiger partial charge is 0.227 e. The van der Waals surface area contributed by atoms with Gasteiger partial charge in [0.1, 0.15) is 34.5 Å². The first kappa shape index (κ1) is 53.6. The van der Waals surface area contributed by atoms with Crippen LogP contribution in [-0.4, -0.2) is 53.9 Å². The molecule has 0 bridgehead atoms. The van der Waals surface area contributed by atoms with E-state index in [1.54, 1.807) is 36.4 Å². The zero-order valence-electron chi connectivity index (χ0n) is 37.6. The van der Waals surface area contributed by atoms with E-state index in [-0.39, 0.29) is 17.4 Å². The molecule has 8 heteroatoms. The lowest BCUT2D eigenvalue weighted by molar-refractivity contribution is -0.134. The number of aryl methyl sites for hydroxylation is 6. The van der Waals surface area contributed by atoms with E-state index in [2.05, 4.69) is 26.0 Å². The number of morpholine rings is 1. The lowest BCUT2D eigenvalue weighted by atomic mass is 10.0. The molecule has 1 aliphatic heterocycles. The van der Waals surface area contributed by atoms with Gasteiger partial charge in [0.25, 0.3) is 0 Å². The summed E-state index contributed by atoms with van der Waals surface area (Å²) in [6.45, 7) is 33.2. The number of ether oxygens (including phenoxy) is 3. The number of phenolic OH excluding ortho intramolecular Hbond substituents is 2. The molecule has 8 nitrogen and oxygen atoms in total. The highest BCUT2D eigenvalue weighted by Crippen LogP contribution is 2.33. The maximum atomic E-state index is 12.5. The lowest BCUT2D eigenvalue weighted by Gasteiger charge is -2.27. The van der Waals surface area contributed by atoms with Gasteiger partial charge in [-0.1, -0.05) is 93.5 Å². The molecular formula is C48H76N2O6. The molecule has 1 amide bonds. The van der Waals surface area contributed by atoms with Gasteiger partial charge in [-0.25, -0.2) is 0 Å². The van der Waals surface area contributed by atoms with Gasteiger partial charge < -0.3 is 35.1 Å². The van der Waals surface area contributed by atoms with Gasteiger partial charge in [-0.15, -0.1) is 0 Å². The zero-order valence-corrected chi connectivity index (χ0v) is 37.6. The summed E-state index contributed by atoms with van der Waals surface area (Å²) in [5.74, 6) is 3.71. The van der Waals surface area contributed by atoms with E-state index in [9.17, 15) is 15.0 Å². The van der Waals surface area contributed by atoms with Crippen LogP contribution in [0, 0.1) is 34.6 Å². The molecule has 314 valence electrons. The Morgan fingerprint density at radius 2 is 1.05 bits per heavy atom. The maximum absolute atomic E-state index is 12.5. The molecule has 1 heterocycles. The average molecular weight is 777 g/mol. The minimum Gasteiger partial charge on any atom is -0.508 e. The third kappa shape index (κ3) is 18.9. The van der Waals surface area contributed by atoms with Crippen LogP contribution >= 0.6 is 0 Å². The van der Waals surface area contributed by atoms with Crippen LogP contribution < -0.4 is 15.2 Å². The summed E-state index contributed by atoms with van der Waals surface area (Å²) in [7, 11) is 0. The fourth-order valence-corrected chi connectivity index (χ4v) is 5.49. The minimum absolute atomic E-state index is 0.134. The number of rotatable bonds is 9. The van der Waals surface area contributed by atoms with E-state index >= 15 is 0 Å². The van der Waals surface area contributed by atoms with Gasteiger partial charge in [0.2, 0.25) is 5.91 Å². The van der Waals surface area contributed by atoms with Crippen LogP contribution in [0.3, 0.4) is 0 Å². The number of benzene rings is 4. The largest absolute Gasteiger partial charge is 0.508 e. The van der Waals surface area contributed by atoms with Gasteiger partial charge in [-0.05, 0) is 135 Å². The number of nitrogens with two attached hydrogens (primary N) is 1. The van der Waals surface area contributed by atoms with E-state index in [1.165, 1.54) is 5.56 Å². The van der Waals surface area contributed by atoms with Gasteiger partial charge >= 0.3 is 0 Å². The third-order valence-electron chi connectivity index (χ3n) is 7.87. The molecular weight excluding hydrogens is 701 g/mol. The summed E-state index contributed by atoms with van der Waals surface area (Å²) in [6, 6.07) is 20.3. The normalized spacial score (nSPS) is 11.0. The minimum atomic E-state index is 0.134. The molecule has 4 aromatic carbocycles. The molecule has 1 aliphatic rings. The quantitative estimate of drug-likeness (QED) is 0.155. The molecule has 0 unspecified atom stereocenters. The first-order valence-corrected chi connectivity index (χ1v) is 20.7. The number of carbonyl (C=O) groups excluding carboxylic acids is 1. The maximum Gasteiger partial charge on any atom is 0.227 e. The van der Waals surface area contributed by atoms with Crippen molar-refractivity contribution in [3.05, 3.63) is 106 Å². The number of nitrogens with zero attached hydrogens (tertiary/aromatic N) is 1. The van der Waals surface area contributed by atoms with Crippen LogP contribution in [0.5, 0.6) is 34.5 Å². The van der Waals surface area contributed by atoms with Gasteiger partial charge in [-0.3, -0.25) is 4.79 Å². The van der Waals surface area contributed by atoms with Crippen LogP contribution in [0.4, 0.5) is 0 Å². The molecule has 0 radical (unpaired) electrons. The Bertz CT molecular complexity index is 1580. The van der Waals surface area contributed by atoms with Crippen molar-refractivity contribution >= 4 is 5.91 Å². The number of carbonyl (C=O) groups is 1. The number of phenols is 2. The topological polar surface area (TPSA) is 114 Å². The molecule has 0 atom stereocenters. The Hall–Kier alpha value is -4.53. The molecule has 0 spiro atoms. The van der Waals surface area contributed by atoms with Crippen molar-refractivity contribution in [3.8, 4) is 34.5 Å². The molecule has 56 heavy (non-hydrogen) atoms. The highest BCUT2D eigenvalue weighted by molar-refractivity contribution is 5.79. The van der Waals surface area contributed by atoms with Crippen molar-refractivity contribution in [2.45, 2.75) is 123 Å². The van der Waals surface area contributed by atoms with Gasteiger partial charge in [-0.2, -0.15) is 0 Å². The van der Waals surface area contributed by atoms with Crippen LogP contribution in [0.25, 0.3) is 0 Å². The molecule has 1 saturated heterocycles. The summed E-state index contributed by atoms with van der Waals surface area (Å²) < 4.78 is 17.2. The SMILES string of the molecule is CC.CC.CC.CC.CC.Cc1cc(CCCN)cc(C)c1Oc1ccc(O)cc1.Cc1cc(Oc2c(C)cc(CC(=O)N3CCOCC3)cc2C)ccc1O. The molecule has 0 saturated carbocycles. The highest BCUT2D eigenvalue weighted by atomic mass is 16.5. The van der Waals surface area contributed by atoms with E-state index in [0.29, 0.717) is 45.0 Å². The predicted molar refractivity (Wildman–Crippen MR) is 238 cm³/mol. The van der Waals surface area contributed by atoms with Crippen LogP contribution in [0.1, 0.15) is 115 Å². The number of hydrogen-bond acceptors (Lipinski definition) is 7. The third-order valence-corrected chi connectivity index (χ3v) is 7.87. The summed E-state index contributed by atoms with van der Waals surface area (Å²) in [5.41, 5.74) is 12.8. The first-order valence-electron chi connectivity index (χ1n) is 20.7. The summed E-state index contributed by atoms with van der Waals surface area (Å²) in [6.07, 6.45) is 2.38. The molecule has 0 aliphatic carbocycles. The van der Waals surface area contributed by atoms with Crippen molar-refractivity contribution in [2.24, 2.45) is 5.73 Å². The average Bonchev–Trinajstić information content (AvgIpc) is 3.23. The first-order chi connectivity index (χ1) is 27.0. The van der Waals surface area contributed by atoms with Gasteiger partial charge in [0.15, 0.2) is 0 Å². The number of aromatic hydroxyl groups is 2. The number of hydrogen-bond donors (Lipinski definition) is 3. The van der Waals surface area contributed by atoms with Crippen molar-refractivity contribution in [1.29, 1.82) is 0 Å². The lowest BCUT2D eigenvalue weighted by Crippen LogP contribution is -2.41. The van der Waals surface area contributed by atoms with E-state index < -0.39 is 0 Å². The van der Waals surface area contributed by atoms with E-state index in [0.717, 1.165) is 63.5 Å². The number of amides is 1. The summed E-state index contributed by atoms with van der Waals surface area (Å²) in [4.78, 5) is 14.3. The highest BCUT2D eigenvalue weighted by Gasteiger charge is 2.18. The van der Waals surface area contributed by atoms with Crippen molar-refractivity contribution < 1.29 is 29.2 Å². The van der Waals surface area contributed by atoms with Gasteiger partial charge in [0, 0.05) is 13.1 Å². The standard InChI is InChI=1S/C21H25NO4.C17H21NO2.5C2H6/c1-14-12-18(4-5-19(14)23)26-21-15(2)10-17(11-16(21)3)13-20(24)22-6-8-25-9-7-22;1-12-10-14(4-3-9-18)11-13(2)17(12)20-16-7-5-15(19)6-8-16;5*1-2/h4-5,10-12,23H,6-9,13H2,1-3H3;5-8,10-11,19H,3-4,9,18H2,1-2H3;5*1-2H3. The zero-order chi connectivity index (χ0) is 43.2. The van der Waals surface area contributed by atoms with Crippen molar-refractivity contribution in [2.75, 3.05) is 32.8 Å². The Kier molecular flexibility index (Phi) is 30.3. The Labute approximate surface area is 341 Å². The summed E-state index contributed by atoms with van der Waals surface area (Å²) in [5, 5.41) is 18.9. The Morgan fingerprint density at radius 3 is 1.50 bits per heavy atom. The molecule has 4 aromatic rings. The molecule has 1 fully saturated rings.